The first-order valence-corrected chi connectivity index (χ1v) is 7.97. The van der Waals surface area contributed by atoms with Crippen molar-refractivity contribution in [3.05, 3.63) is 35.4 Å². The number of benzene rings is 1. The van der Waals surface area contributed by atoms with Crippen LogP contribution in [0.3, 0.4) is 0 Å². The van der Waals surface area contributed by atoms with E-state index in [1.165, 1.54) is 12.1 Å². The number of sulfonamides is 1. The summed E-state index contributed by atoms with van der Waals surface area (Å²) in [4.78, 5) is 12.8. The average molecular weight is 300 g/mol. The Morgan fingerprint density at radius 3 is 2.70 bits per heavy atom. The van der Waals surface area contributed by atoms with Crippen LogP contribution < -0.4 is 4.72 Å². The smallest absolute Gasteiger partial charge is 0.335 e. The molecule has 0 fully saturated rings. The molecule has 112 valence electrons. The van der Waals surface area contributed by atoms with E-state index in [1.54, 1.807) is 12.1 Å². The minimum Gasteiger partial charge on any atom is -0.478 e. The molecule has 0 aliphatic rings. The molecule has 0 saturated carbocycles. The van der Waals surface area contributed by atoms with Gasteiger partial charge in [0.1, 0.15) is 0 Å². The van der Waals surface area contributed by atoms with Gasteiger partial charge in [0, 0.05) is 13.1 Å². The van der Waals surface area contributed by atoms with E-state index in [0.717, 1.165) is 6.54 Å². The molecule has 2 N–H and O–H groups in total. The predicted octanol–water partition coefficient (Wildman–Crippen LogP) is 0.756. The molecular formula is C13H20N2O4S. The maximum Gasteiger partial charge on any atom is 0.335 e. The number of carboxylic acids is 1. The van der Waals surface area contributed by atoms with Gasteiger partial charge in [0.25, 0.3) is 0 Å². The van der Waals surface area contributed by atoms with Crippen molar-refractivity contribution in [2.75, 3.05) is 26.7 Å². The van der Waals surface area contributed by atoms with E-state index in [-0.39, 0.29) is 11.3 Å². The molecule has 0 spiro atoms. The van der Waals surface area contributed by atoms with Crippen LogP contribution in [0.4, 0.5) is 0 Å². The molecular weight excluding hydrogens is 280 g/mol. The fourth-order valence-electron chi connectivity index (χ4n) is 1.61. The summed E-state index contributed by atoms with van der Waals surface area (Å²) < 4.78 is 26.3. The third-order valence-corrected chi connectivity index (χ3v) is 4.24. The molecule has 1 aromatic carbocycles. The monoisotopic (exact) mass is 300 g/mol. The minimum atomic E-state index is -3.45. The van der Waals surface area contributed by atoms with E-state index in [1.807, 2.05) is 18.9 Å². The number of aromatic carboxylic acids is 1. The van der Waals surface area contributed by atoms with Crippen LogP contribution in [0.5, 0.6) is 0 Å². The molecule has 0 aliphatic carbocycles. The van der Waals surface area contributed by atoms with Gasteiger partial charge in [-0.15, -0.1) is 0 Å². The van der Waals surface area contributed by atoms with Crippen molar-refractivity contribution in [2.45, 2.75) is 12.7 Å². The second-order valence-electron chi connectivity index (χ2n) is 4.55. The Hall–Kier alpha value is -1.44. The van der Waals surface area contributed by atoms with Crippen LogP contribution in [0.15, 0.2) is 24.3 Å². The van der Waals surface area contributed by atoms with Crippen molar-refractivity contribution >= 4 is 16.0 Å². The molecule has 6 nitrogen and oxygen atoms in total. The zero-order chi connectivity index (χ0) is 15.2. The SMILES string of the molecule is CCN(C)CCNS(=O)(=O)Cc1cccc(C(=O)O)c1. The van der Waals surface area contributed by atoms with Crippen LogP contribution in [-0.2, 0) is 15.8 Å². The fraction of sp³-hybridized carbons (Fsp3) is 0.462. The molecule has 0 aliphatic heterocycles. The molecule has 20 heavy (non-hydrogen) atoms. The van der Waals surface area contributed by atoms with Crippen LogP contribution in [0.2, 0.25) is 0 Å². The molecule has 1 rings (SSSR count). The lowest BCUT2D eigenvalue weighted by molar-refractivity contribution is 0.0696. The number of carbonyl (C=O) groups is 1. The van der Waals surface area contributed by atoms with E-state index < -0.39 is 16.0 Å². The number of nitrogens with one attached hydrogen (secondary N) is 1. The van der Waals surface area contributed by atoms with Crippen molar-refractivity contribution in [3.8, 4) is 0 Å². The third kappa shape index (κ3) is 5.68. The normalized spacial score (nSPS) is 11.8. The highest BCUT2D eigenvalue weighted by molar-refractivity contribution is 7.88. The Labute approximate surface area is 119 Å². The van der Waals surface area contributed by atoms with Crippen molar-refractivity contribution in [3.63, 3.8) is 0 Å². The first kappa shape index (κ1) is 16.6. The molecule has 0 atom stereocenters. The first-order chi connectivity index (χ1) is 9.34. The summed E-state index contributed by atoms with van der Waals surface area (Å²) in [7, 11) is -1.54. The van der Waals surface area contributed by atoms with E-state index in [4.69, 9.17) is 5.11 Å². The van der Waals surface area contributed by atoms with Crippen LogP contribution in [0.1, 0.15) is 22.8 Å². The summed E-state index contributed by atoms with van der Waals surface area (Å²) >= 11 is 0. The van der Waals surface area contributed by atoms with Crippen molar-refractivity contribution < 1.29 is 18.3 Å². The highest BCUT2D eigenvalue weighted by Crippen LogP contribution is 2.08. The summed E-state index contributed by atoms with van der Waals surface area (Å²) in [5.74, 6) is -1.29. The molecule has 0 amide bonds. The third-order valence-electron chi connectivity index (χ3n) is 2.89. The second kappa shape index (κ2) is 7.37. The largest absolute Gasteiger partial charge is 0.478 e. The molecule has 7 heteroatoms. The molecule has 0 radical (unpaired) electrons. The number of nitrogens with zero attached hydrogens (tertiary/aromatic N) is 1. The van der Waals surface area contributed by atoms with Gasteiger partial charge in [0.15, 0.2) is 0 Å². The Bertz CT molecular complexity index is 557. The Morgan fingerprint density at radius 1 is 1.40 bits per heavy atom. The number of hydrogen-bond acceptors (Lipinski definition) is 4. The second-order valence-corrected chi connectivity index (χ2v) is 6.36. The zero-order valence-corrected chi connectivity index (χ0v) is 12.5. The lowest BCUT2D eigenvalue weighted by Crippen LogP contribution is -2.33. The van der Waals surface area contributed by atoms with Gasteiger partial charge in [-0.2, -0.15) is 0 Å². The standard InChI is InChI=1S/C13H20N2O4S/c1-3-15(2)8-7-14-20(18,19)10-11-5-4-6-12(9-11)13(16)17/h4-6,9,14H,3,7-8,10H2,1-2H3,(H,16,17). The summed E-state index contributed by atoms with van der Waals surface area (Å²) in [6.07, 6.45) is 0. The maximum absolute atomic E-state index is 11.9. The lowest BCUT2D eigenvalue weighted by atomic mass is 10.1. The number of carboxylic acid groups (broad SMARTS) is 1. The van der Waals surface area contributed by atoms with Gasteiger partial charge in [-0.05, 0) is 31.3 Å². The predicted molar refractivity (Wildman–Crippen MR) is 77.2 cm³/mol. The van der Waals surface area contributed by atoms with Gasteiger partial charge in [-0.25, -0.2) is 17.9 Å². The van der Waals surface area contributed by atoms with Gasteiger partial charge in [0.05, 0.1) is 11.3 Å². The van der Waals surface area contributed by atoms with Crippen molar-refractivity contribution in [1.82, 2.24) is 9.62 Å². The summed E-state index contributed by atoms with van der Waals surface area (Å²) in [6, 6.07) is 5.95. The van der Waals surface area contributed by atoms with Crippen LogP contribution >= 0.6 is 0 Å². The van der Waals surface area contributed by atoms with Gasteiger partial charge < -0.3 is 10.0 Å². The molecule has 0 unspecified atom stereocenters. The fourth-order valence-corrected chi connectivity index (χ4v) is 2.74. The quantitative estimate of drug-likeness (QED) is 0.740. The van der Waals surface area contributed by atoms with E-state index >= 15 is 0 Å². The maximum atomic E-state index is 11.9. The van der Waals surface area contributed by atoms with E-state index in [9.17, 15) is 13.2 Å². The van der Waals surface area contributed by atoms with Gasteiger partial charge in [0.2, 0.25) is 10.0 Å². The Morgan fingerprint density at radius 2 is 2.10 bits per heavy atom. The molecule has 0 saturated heterocycles. The molecule has 1 aromatic rings. The lowest BCUT2D eigenvalue weighted by Gasteiger charge is -2.14. The van der Waals surface area contributed by atoms with E-state index in [0.29, 0.717) is 18.7 Å². The van der Waals surface area contributed by atoms with Crippen molar-refractivity contribution in [2.24, 2.45) is 0 Å². The minimum absolute atomic E-state index is 0.0865. The van der Waals surface area contributed by atoms with Crippen LogP contribution in [0, 0.1) is 0 Å². The van der Waals surface area contributed by atoms with Crippen molar-refractivity contribution in [1.29, 1.82) is 0 Å². The van der Waals surface area contributed by atoms with E-state index in [2.05, 4.69) is 4.72 Å². The average Bonchev–Trinajstić information content (AvgIpc) is 2.37. The highest BCUT2D eigenvalue weighted by atomic mass is 32.2. The van der Waals surface area contributed by atoms with Crippen LogP contribution in [-0.4, -0.2) is 51.1 Å². The number of likely N-dealkylation sites (N-methyl/N-ethyl adjacent to an activating group) is 1. The summed E-state index contributed by atoms with van der Waals surface area (Å²) in [5, 5.41) is 8.87. The zero-order valence-electron chi connectivity index (χ0n) is 11.7. The van der Waals surface area contributed by atoms with Gasteiger partial charge in [-0.3, -0.25) is 0 Å². The van der Waals surface area contributed by atoms with Crippen LogP contribution in [0.25, 0.3) is 0 Å². The highest BCUT2D eigenvalue weighted by Gasteiger charge is 2.12. The Balaban J connectivity index is 2.62. The number of hydrogen-bond donors (Lipinski definition) is 2. The molecule has 0 heterocycles. The first-order valence-electron chi connectivity index (χ1n) is 6.32. The topological polar surface area (TPSA) is 86.7 Å². The molecule has 0 bridgehead atoms. The molecule has 0 aromatic heterocycles. The number of rotatable bonds is 8. The van der Waals surface area contributed by atoms with Gasteiger partial charge in [-0.1, -0.05) is 19.1 Å². The summed E-state index contributed by atoms with van der Waals surface area (Å²) in [6.45, 7) is 3.81. The summed E-state index contributed by atoms with van der Waals surface area (Å²) in [5.41, 5.74) is 0.546. The Kier molecular flexibility index (Phi) is 6.12. The van der Waals surface area contributed by atoms with Gasteiger partial charge >= 0.3 is 5.97 Å².